The number of aromatic nitrogens is 2. The van der Waals surface area contributed by atoms with Crippen molar-refractivity contribution in [1.29, 1.82) is 0 Å². The van der Waals surface area contributed by atoms with E-state index in [2.05, 4.69) is 17.2 Å². The van der Waals surface area contributed by atoms with Crippen LogP contribution in [-0.4, -0.2) is 15.9 Å². The topological polar surface area (TPSA) is 70.1 Å². The molecule has 1 heterocycles. The van der Waals surface area contributed by atoms with Crippen LogP contribution in [0.3, 0.4) is 0 Å². The molecule has 2 N–H and O–H groups in total. The molecule has 6 heteroatoms. The van der Waals surface area contributed by atoms with Gasteiger partial charge in [-0.05, 0) is 31.9 Å². The maximum absolute atomic E-state index is 11.0. The number of allylic oxidation sites excluding steroid dienone is 2. The molecule has 0 saturated heterocycles. The van der Waals surface area contributed by atoms with E-state index in [1.807, 2.05) is 43.8 Å². The van der Waals surface area contributed by atoms with Gasteiger partial charge in [-0.1, -0.05) is 30.3 Å². The first-order valence-corrected chi connectivity index (χ1v) is 8.24. The third-order valence-corrected chi connectivity index (χ3v) is 4.76. The molecule has 0 atom stereocenters. The van der Waals surface area contributed by atoms with Crippen LogP contribution in [0.1, 0.15) is 30.7 Å². The second kappa shape index (κ2) is 7.37. The molecule has 0 aliphatic carbocycles. The smallest absolute Gasteiger partial charge is 0.409 e. The summed E-state index contributed by atoms with van der Waals surface area (Å²) < 4.78 is 6.88. The number of carbonyl (C=O) groups excluding carboxylic acids is 1. The van der Waals surface area contributed by atoms with E-state index in [-0.39, 0.29) is 0 Å². The molecule has 0 radical (unpaired) electrons. The zero-order chi connectivity index (χ0) is 17.0. The van der Waals surface area contributed by atoms with Crippen molar-refractivity contribution in [3.8, 4) is 0 Å². The number of hydrogen-bond donors (Lipinski definition) is 1. The van der Waals surface area contributed by atoms with E-state index in [1.54, 1.807) is 18.7 Å². The fourth-order valence-electron chi connectivity index (χ4n) is 2.36. The van der Waals surface area contributed by atoms with E-state index in [0.717, 1.165) is 27.6 Å². The van der Waals surface area contributed by atoms with Crippen LogP contribution >= 0.6 is 11.8 Å². The molecule has 0 unspecified atom stereocenters. The highest BCUT2D eigenvalue weighted by Crippen LogP contribution is 2.34. The van der Waals surface area contributed by atoms with Crippen LogP contribution in [0.15, 0.2) is 41.1 Å². The summed E-state index contributed by atoms with van der Waals surface area (Å²) in [5.41, 5.74) is 9.10. The Labute approximate surface area is 140 Å². The van der Waals surface area contributed by atoms with Crippen molar-refractivity contribution < 1.29 is 9.53 Å². The molecule has 0 bridgehead atoms. The van der Waals surface area contributed by atoms with Gasteiger partial charge >= 0.3 is 6.09 Å². The van der Waals surface area contributed by atoms with Crippen LogP contribution < -0.4 is 5.73 Å². The van der Waals surface area contributed by atoms with Crippen LogP contribution in [0.4, 0.5) is 4.79 Å². The normalized spacial score (nSPS) is 12.0. The Morgan fingerprint density at radius 3 is 2.57 bits per heavy atom. The van der Waals surface area contributed by atoms with Crippen molar-refractivity contribution in [2.45, 2.75) is 31.6 Å². The molecule has 0 saturated carbocycles. The summed E-state index contributed by atoms with van der Waals surface area (Å²) in [7, 11) is 1.92. The minimum Gasteiger partial charge on any atom is -0.415 e. The number of nitrogens with zero attached hydrogens (tertiary/aromatic N) is 2. The van der Waals surface area contributed by atoms with Crippen LogP contribution in [0, 0.1) is 6.92 Å². The predicted molar refractivity (Wildman–Crippen MR) is 92.9 cm³/mol. The zero-order valence-corrected chi connectivity index (χ0v) is 14.6. The average Bonchev–Trinajstić information content (AvgIpc) is 2.78. The molecule has 122 valence electrons. The fraction of sp³-hybridized carbons (Fsp3) is 0.294. The monoisotopic (exact) mass is 331 g/mol. The molecule has 1 aromatic carbocycles. The van der Waals surface area contributed by atoms with Crippen molar-refractivity contribution in [3.05, 3.63) is 52.9 Å². The Kier molecular flexibility index (Phi) is 5.50. The molecule has 23 heavy (non-hydrogen) atoms. The lowest BCUT2D eigenvalue weighted by atomic mass is 10.1. The summed E-state index contributed by atoms with van der Waals surface area (Å²) >= 11 is 1.71. The number of amides is 1. The van der Waals surface area contributed by atoms with Crippen LogP contribution in [0.5, 0.6) is 0 Å². The van der Waals surface area contributed by atoms with Gasteiger partial charge in [-0.15, -0.1) is 11.8 Å². The van der Waals surface area contributed by atoms with Gasteiger partial charge < -0.3 is 10.5 Å². The van der Waals surface area contributed by atoms with E-state index in [9.17, 15) is 4.79 Å². The highest BCUT2D eigenvalue weighted by molar-refractivity contribution is 7.98. The van der Waals surface area contributed by atoms with Crippen molar-refractivity contribution in [3.63, 3.8) is 0 Å². The minimum absolute atomic E-state index is 0.496. The van der Waals surface area contributed by atoms with Gasteiger partial charge in [0, 0.05) is 18.4 Å². The third kappa shape index (κ3) is 4.16. The van der Waals surface area contributed by atoms with Gasteiger partial charge in [0.1, 0.15) is 10.8 Å². The van der Waals surface area contributed by atoms with E-state index < -0.39 is 6.09 Å². The van der Waals surface area contributed by atoms with Crippen LogP contribution in [0.2, 0.25) is 0 Å². The number of hydrogen-bond acceptors (Lipinski definition) is 4. The number of rotatable bonds is 5. The number of benzene rings is 1. The largest absolute Gasteiger partial charge is 0.415 e. The molecule has 5 nitrogen and oxygen atoms in total. The molecule has 2 aromatic rings. The van der Waals surface area contributed by atoms with Crippen molar-refractivity contribution >= 4 is 23.4 Å². The maximum atomic E-state index is 11.0. The fourth-order valence-corrected chi connectivity index (χ4v) is 3.53. The summed E-state index contributed by atoms with van der Waals surface area (Å²) in [5.74, 6) is 1.34. The maximum Gasteiger partial charge on any atom is 0.409 e. The average molecular weight is 331 g/mol. The number of nitrogens with two attached hydrogens (primary N) is 1. The van der Waals surface area contributed by atoms with Gasteiger partial charge in [-0.25, -0.2) is 4.79 Å². The van der Waals surface area contributed by atoms with Crippen molar-refractivity contribution in [2.75, 3.05) is 0 Å². The van der Waals surface area contributed by atoms with Crippen molar-refractivity contribution in [1.82, 2.24) is 9.78 Å². The van der Waals surface area contributed by atoms with Gasteiger partial charge in [0.2, 0.25) is 0 Å². The quantitative estimate of drug-likeness (QED) is 0.667. The summed E-state index contributed by atoms with van der Waals surface area (Å²) in [6.45, 7) is 5.59. The lowest BCUT2D eigenvalue weighted by molar-refractivity contribution is 0.187. The lowest BCUT2D eigenvalue weighted by Crippen LogP contribution is -2.12. The predicted octanol–water partition coefficient (Wildman–Crippen LogP) is 3.87. The van der Waals surface area contributed by atoms with Gasteiger partial charge in [-0.3, -0.25) is 4.68 Å². The summed E-state index contributed by atoms with van der Waals surface area (Å²) in [6, 6.07) is 10.3. The Morgan fingerprint density at radius 2 is 1.96 bits per heavy atom. The summed E-state index contributed by atoms with van der Waals surface area (Å²) in [6.07, 6.45) is -0.804. The highest BCUT2D eigenvalue weighted by Gasteiger charge is 2.18. The van der Waals surface area contributed by atoms with E-state index >= 15 is 0 Å². The highest BCUT2D eigenvalue weighted by atomic mass is 32.2. The second-order valence-electron chi connectivity index (χ2n) is 5.27. The first-order chi connectivity index (χ1) is 10.9. The Morgan fingerprint density at radius 1 is 1.30 bits per heavy atom. The molecular formula is C17H21N3O2S. The Hall–Kier alpha value is -2.21. The van der Waals surface area contributed by atoms with Gasteiger partial charge in [0.05, 0.1) is 5.69 Å². The Bertz CT molecular complexity index is 736. The summed E-state index contributed by atoms with van der Waals surface area (Å²) in [4.78, 5) is 11.0. The third-order valence-electron chi connectivity index (χ3n) is 3.54. The number of primary amides is 1. The molecule has 1 aromatic heterocycles. The van der Waals surface area contributed by atoms with Crippen molar-refractivity contribution in [2.24, 2.45) is 12.8 Å². The molecular weight excluding hydrogens is 310 g/mol. The van der Waals surface area contributed by atoms with Crippen LogP contribution in [0.25, 0.3) is 5.57 Å². The number of thioether (sulfide) groups is 1. The van der Waals surface area contributed by atoms with Gasteiger partial charge in [0.25, 0.3) is 0 Å². The minimum atomic E-state index is -0.804. The Balaban J connectivity index is 2.32. The van der Waals surface area contributed by atoms with E-state index in [0.29, 0.717) is 5.76 Å². The second-order valence-corrected chi connectivity index (χ2v) is 6.23. The first-order valence-electron chi connectivity index (χ1n) is 7.25. The number of ether oxygens (including phenoxy) is 1. The zero-order valence-electron chi connectivity index (χ0n) is 13.8. The standard InChI is InChI=1S/C17H21N3O2S/c1-11(13(3)22-17(18)21)15-12(2)19-20(4)16(15)23-10-14-8-6-5-7-9-14/h5-9H,10H2,1-4H3,(H2,18,21). The molecule has 0 fully saturated rings. The molecule has 2 rings (SSSR count). The van der Waals surface area contributed by atoms with Gasteiger partial charge in [-0.2, -0.15) is 5.10 Å². The molecule has 0 aliphatic heterocycles. The van der Waals surface area contributed by atoms with E-state index in [4.69, 9.17) is 10.5 Å². The number of aryl methyl sites for hydroxylation is 2. The van der Waals surface area contributed by atoms with E-state index in [1.165, 1.54) is 5.56 Å². The first kappa shape index (κ1) is 17.1. The molecule has 1 amide bonds. The lowest BCUT2D eigenvalue weighted by Gasteiger charge is -2.10. The van der Waals surface area contributed by atoms with Gasteiger partial charge in [0.15, 0.2) is 0 Å². The molecule has 0 spiro atoms. The summed E-state index contributed by atoms with van der Waals surface area (Å²) in [5, 5.41) is 5.53. The number of carbonyl (C=O) groups is 1. The van der Waals surface area contributed by atoms with Crippen LogP contribution in [-0.2, 0) is 17.5 Å². The SMILES string of the molecule is CC(OC(N)=O)=C(C)c1c(C)nn(C)c1SCc1ccccc1. The molecule has 0 aliphatic rings.